The van der Waals surface area contributed by atoms with E-state index in [9.17, 15) is 9.18 Å². The van der Waals surface area contributed by atoms with Gasteiger partial charge in [-0.25, -0.2) is 4.39 Å². The molecule has 9 heteroatoms. The van der Waals surface area contributed by atoms with E-state index in [1.165, 1.54) is 38.1 Å². The number of amides is 1. The number of carbonyl (C=O) groups is 1. The number of carbonyl (C=O) groups excluding carboxylic acids is 1. The second-order valence-electron chi connectivity index (χ2n) is 9.12. The minimum absolute atomic E-state index is 0.0684. The smallest absolute Gasteiger partial charge is 0.261 e. The molecule has 7 nitrogen and oxygen atoms in total. The molecular weight excluding hydrogens is 431 g/mol. The molecule has 1 aromatic rings. The van der Waals surface area contributed by atoms with Gasteiger partial charge in [0.05, 0.1) is 5.02 Å². The molecule has 32 heavy (non-hydrogen) atoms. The zero-order chi connectivity index (χ0) is 22.8. The summed E-state index contributed by atoms with van der Waals surface area (Å²) in [4.78, 5) is 19.7. The van der Waals surface area contributed by atoms with Crippen LogP contribution in [0.3, 0.4) is 0 Å². The molecule has 2 aliphatic carbocycles. The molecule has 2 saturated carbocycles. The molecule has 1 aliphatic heterocycles. The average molecular weight is 463 g/mol. The van der Waals surface area contributed by atoms with Crippen molar-refractivity contribution in [3.63, 3.8) is 0 Å². The van der Waals surface area contributed by atoms with Gasteiger partial charge in [-0.15, -0.1) is 0 Å². The number of nitrogens with two attached hydrogens (primary N) is 2. The van der Waals surface area contributed by atoms with Gasteiger partial charge >= 0.3 is 0 Å². The molecule has 4 rings (SSSR count). The van der Waals surface area contributed by atoms with Gasteiger partial charge in [0.2, 0.25) is 0 Å². The monoisotopic (exact) mass is 462 g/mol. The van der Waals surface area contributed by atoms with E-state index in [0.29, 0.717) is 29.3 Å². The number of fused-ring (bicyclic) bond motifs is 1. The number of hydrogen-bond acceptors (Lipinski definition) is 5. The van der Waals surface area contributed by atoms with Gasteiger partial charge in [0, 0.05) is 50.7 Å². The minimum atomic E-state index is -0.550. The molecule has 1 aromatic carbocycles. The van der Waals surface area contributed by atoms with E-state index < -0.39 is 11.7 Å². The van der Waals surface area contributed by atoms with Crippen molar-refractivity contribution in [2.45, 2.75) is 31.7 Å². The molecule has 3 aliphatic rings. The van der Waals surface area contributed by atoms with Crippen LogP contribution in [0.1, 0.15) is 25.7 Å². The van der Waals surface area contributed by atoms with E-state index in [1.54, 1.807) is 0 Å². The van der Waals surface area contributed by atoms with Crippen LogP contribution in [0.25, 0.3) is 0 Å². The highest BCUT2D eigenvalue weighted by atomic mass is 35.5. The quantitative estimate of drug-likeness (QED) is 0.305. The van der Waals surface area contributed by atoms with Crippen LogP contribution in [0, 0.1) is 23.6 Å². The van der Waals surface area contributed by atoms with Crippen LogP contribution in [0.4, 0.5) is 10.1 Å². The Morgan fingerprint density at radius 2 is 1.84 bits per heavy atom. The summed E-state index contributed by atoms with van der Waals surface area (Å²) in [6, 6.07) is 4.67. The molecule has 1 saturated heterocycles. The largest absolute Gasteiger partial charge is 0.401 e. The maximum absolute atomic E-state index is 13.4. The third-order valence-electron chi connectivity index (χ3n) is 7.29. The second kappa shape index (κ2) is 9.77. The third kappa shape index (κ3) is 4.77. The van der Waals surface area contributed by atoms with Crippen molar-refractivity contribution >= 4 is 29.0 Å². The van der Waals surface area contributed by atoms with Gasteiger partial charge in [0.1, 0.15) is 17.2 Å². The summed E-state index contributed by atoms with van der Waals surface area (Å²) in [7, 11) is 1.53. The van der Waals surface area contributed by atoms with Crippen molar-refractivity contribution in [2.24, 2.45) is 34.2 Å². The zero-order valence-corrected chi connectivity index (χ0v) is 19.2. The van der Waals surface area contributed by atoms with Crippen molar-refractivity contribution in [2.75, 3.05) is 38.5 Å². The summed E-state index contributed by atoms with van der Waals surface area (Å²) >= 11 is 5.84. The Kier molecular flexibility index (Phi) is 7.02. The lowest BCUT2D eigenvalue weighted by atomic mass is 9.94. The number of halogens is 2. The summed E-state index contributed by atoms with van der Waals surface area (Å²) in [5, 5.41) is 6.08. The summed E-state index contributed by atoms with van der Waals surface area (Å²) in [6.07, 6.45) is 4.33. The molecule has 6 N–H and O–H groups in total. The first-order valence-electron chi connectivity index (χ1n) is 11.3. The maximum Gasteiger partial charge on any atom is 0.261 e. The normalized spacial score (nSPS) is 29.5. The molecule has 0 bridgehead atoms. The maximum atomic E-state index is 13.4. The number of rotatable bonds is 5. The fourth-order valence-corrected chi connectivity index (χ4v) is 5.84. The Labute approximate surface area is 193 Å². The summed E-state index contributed by atoms with van der Waals surface area (Å²) < 4.78 is 13.4. The predicted octanol–water partition coefficient (Wildman–Crippen LogP) is 2.33. The molecule has 1 heterocycles. The standard InChI is InChI=1S/C23H32ClFN6O/c1-28-22(27)20(23(32)30-16-2-3-19(25)18(24)12-16)21(26)15-8-13-10-17(11-14(13)9-15)31-6-4-29-5-7-31/h2-3,12-15,17,29H,4-11,26H2,1H3,(H2,27,28)(H,30,32)/b21-20+. The highest BCUT2D eigenvalue weighted by molar-refractivity contribution is 6.31. The first-order chi connectivity index (χ1) is 15.4. The summed E-state index contributed by atoms with van der Waals surface area (Å²) in [5.41, 5.74) is 13.7. The van der Waals surface area contributed by atoms with Crippen LogP contribution < -0.4 is 22.1 Å². The van der Waals surface area contributed by atoms with Crippen LogP contribution in [0.5, 0.6) is 0 Å². The minimum Gasteiger partial charge on any atom is -0.401 e. The van der Waals surface area contributed by atoms with Crippen LogP contribution in [0.15, 0.2) is 34.5 Å². The average Bonchev–Trinajstić information content (AvgIpc) is 3.36. The third-order valence-corrected chi connectivity index (χ3v) is 7.58. The number of allylic oxidation sites excluding steroid dienone is 1. The van der Waals surface area contributed by atoms with E-state index in [4.69, 9.17) is 23.1 Å². The number of piperazine rings is 1. The highest BCUT2D eigenvalue weighted by Gasteiger charge is 2.44. The van der Waals surface area contributed by atoms with Crippen molar-refractivity contribution in [1.29, 1.82) is 0 Å². The number of anilines is 1. The lowest BCUT2D eigenvalue weighted by Gasteiger charge is -2.33. The number of hydrogen-bond donors (Lipinski definition) is 4. The van der Waals surface area contributed by atoms with Gasteiger partial charge in [0.15, 0.2) is 0 Å². The number of amidine groups is 1. The SMILES string of the molecule is CN=C(N)/C(C(=O)Nc1ccc(F)c(Cl)c1)=C(\N)C1CC2CC(N3CCNCC3)CC2C1. The van der Waals surface area contributed by atoms with E-state index in [1.807, 2.05) is 0 Å². The molecule has 174 valence electrons. The molecule has 1 amide bonds. The van der Waals surface area contributed by atoms with Gasteiger partial charge in [0.25, 0.3) is 5.91 Å². The Balaban J connectivity index is 1.47. The molecular formula is C23H32ClFN6O. The summed E-state index contributed by atoms with van der Waals surface area (Å²) in [6.45, 7) is 4.38. The highest BCUT2D eigenvalue weighted by Crippen LogP contribution is 2.49. The van der Waals surface area contributed by atoms with Crippen molar-refractivity contribution in [1.82, 2.24) is 10.2 Å². The van der Waals surface area contributed by atoms with E-state index in [2.05, 4.69) is 20.5 Å². The molecule has 2 unspecified atom stereocenters. The van der Waals surface area contributed by atoms with Crippen molar-refractivity contribution in [3.05, 3.63) is 40.3 Å². The number of benzene rings is 1. The Hall–Kier alpha value is -2.16. The molecule has 0 radical (unpaired) electrons. The molecule has 2 atom stereocenters. The van der Waals surface area contributed by atoms with Crippen molar-refractivity contribution < 1.29 is 9.18 Å². The van der Waals surface area contributed by atoms with E-state index >= 15 is 0 Å². The predicted molar refractivity (Wildman–Crippen MR) is 126 cm³/mol. The summed E-state index contributed by atoms with van der Waals surface area (Å²) in [5.74, 6) is 0.447. The van der Waals surface area contributed by atoms with E-state index in [-0.39, 0.29) is 22.3 Å². The molecule has 0 aromatic heterocycles. The topological polar surface area (TPSA) is 109 Å². The second-order valence-corrected chi connectivity index (χ2v) is 9.53. The lowest BCUT2D eigenvalue weighted by molar-refractivity contribution is -0.112. The lowest BCUT2D eigenvalue weighted by Crippen LogP contribution is -2.47. The van der Waals surface area contributed by atoms with Gasteiger partial charge in [-0.05, 0) is 61.6 Å². The van der Waals surface area contributed by atoms with Crippen LogP contribution in [-0.4, -0.2) is 55.9 Å². The van der Waals surface area contributed by atoms with Crippen LogP contribution >= 0.6 is 11.6 Å². The van der Waals surface area contributed by atoms with Gasteiger partial charge in [-0.1, -0.05) is 11.6 Å². The number of nitrogens with one attached hydrogen (secondary N) is 2. The first-order valence-corrected chi connectivity index (χ1v) is 11.7. The molecule has 0 spiro atoms. The zero-order valence-electron chi connectivity index (χ0n) is 18.4. The fraction of sp³-hybridized carbons (Fsp3) is 0.565. The Bertz CT molecular complexity index is 915. The Morgan fingerprint density at radius 3 is 2.44 bits per heavy atom. The van der Waals surface area contributed by atoms with Crippen LogP contribution in [0.2, 0.25) is 5.02 Å². The van der Waals surface area contributed by atoms with Crippen molar-refractivity contribution in [3.8, 4) is 0 Å². The van der Waals surface area contributed by atoms with Gasteiger partial charge < -0.3 is 22.1 Å². The number of aliphatic imine (C=N–C) groups is 1. The van der Waals surface area contributed by atoms with E-state index in [0.717, 1.165) is 39.0 Å². The van der Waals surface area contributed by atoms with Gasteiger partial charge in [-0.2, -0.15) is 0 Å². The first kappa shape index (κ1) is 23.0. The van der Waals surface area contributed by atoms with Gasteiger partial charge in [-0.3, -0.25) is 14.7 Å². The fourth-order valence-electron chi connectivity index (χ4n) is 5.66. The molecule has 3 fully saturated rings. The Morgan fingerprint density at radius 1 is 1.19 bits per heavy atom. The van der Waals surface area contributed by atoms with Crippen LogP contribution in [-0.2, 0) is 4.79 Å². The number of nitrogens with zero attached hydrogens (tertiary/aromatic N) is 2.